The van der Waals surface area contributed by atoms with Crippen molar-refractivity contribution in [3.05, 3.63) is 28.2 Å². The van der Waals surface area contributed by atoms with Crippen LogP contribution in [0.15, 0.2) is 22.7 Å². The summed E-state index contributed by atoms with van der Waals surface area (Å²) in [4.78, 5) is 33.7. The molecule has 1 atom stereocenters. The van der Waals surface area contributed by atoms with Crippen LogP contribution in [0.2, 0.25) is 0 Å². The second-order valence-corrected chi connectivity index (χ2v) is 5.05. The van der Waals surface area contributed by atoms with E-state index in [1.54, 1.807) is 0 Å². The Hall–Kier alpha value is -1.89. The first-order valence-electron chi connectivity index (χ1n) is 5.58. The average molecular weight is 327 g/mol. The Bertz CT molecular complexity index is 559. The predicted octanol–water partition coefficient (Wildman–Crippen LogP) is 1.22. The Morgan fingerprint density at radius 2 is 2.16 bits per heavy atom. The molecule has 19 heavy (non-hydrogen) atoms. The molecular formula is C12H11BrN2O4. The van der Waals surface area contributed by atoms with Gasteiger partial charge in [-0.3, -0.25) is 9.59 Å². The third kappa shape index (κ3) is 3.11. The summed E-state index contributed by atoms with van der Waals surface area (Å²) in [6.07, 6.45) is 0.177. The molecule has 1 aromatic rings. The first-order valence-corrected chi connectivity index (χ1v) is 6.37. The summed E-state index contributed by atoms with van der Waals surface area (Å²) in [5.41, 5.74) is 0.608. The quantitative estimate of drug-likeness (QED) is 0.778. The van der Waals surface area contributed by atoms with Crippen LogP contribution in [0.1, 0.15) is 16.8 Å². The van der Waals surface area contributed by atoms with Crippen LogP contribution in [0.25, 0.3) is 0 Å². The Balaban J connectivity index is 2.09. The van der Waals surface area contributed by atoms with E-state index in [0.717, 1.165) is 0 Å². The van der Waals surface area contributed by atoms with Gasteiger partial charge in [-0.05, 0) is 34.1 Å². The van der Waals surface area contributed by atoms with Crippen molar-refractivity contribution in [2.75, 3.05) is 11.9 Å². The summed E-state index contributed by atoms with van der Waals surface area (Å²) in [5, 5.41) is 14.1. The Kier molecular flexibility index (Phi) is 3.84. The molecule has 0 bridgehead atoms. The van der Waals surface area contributed by atoms with Crippen LogP contribution >= 0.6 is 15.9 Å². The lowest BCUT2D eigenvalue weighted by Gasteiger charge is -2.11. The number of anilines is 1. The fourth-order valence-electron chi connectivity index (χ4n) is 1.77. The van der Waals surface area contributed by atoms with Crippen LogP contribution in [0.4, 0.5) is 5.69 Å². The zero-order chi connectivity index (χ0) is 14.0. The van der Waals surface area contributed by atoms with Crippen molar-refractivity contribution >= 4 is 39.4 Å². The first-order chi connectivity index (χ1) is 8.97. The summed E-state index contributed by atoms with van der Waals surface area (Å²) >= 11 is 3.20. The number of amides is 2. The number of benzene rings is 1. The van der Waals surface area contributed by atoms with Crippen molar-refractivity contribution < 1.29 is 19.5 Å². The highest BCUT2D eigenvalue weighted by Gasteiger charge is 2.28. The van der Waals surface area contributed by atoms with Crippen LogP contribution in [-0.2, 0) is 9.59 Å². The maximum atomic E-state index is 11.9. The van der Waals surface area contributed by atoms with E-state index in [-0.39, 0.29) is 23.8 Å². The van der Waals surface area contributed by atoms with E-state index < -0.39 is 11.9 Å². The van der Waals surface area contributed by atoms with Gasteiger partial charge in [0.25, 0.3) is 0 Å². The minimum atomic E-state index is -1.04. The lowest BCUT2D eigenvalue weighted by Crippen LogP contribution is -2.24. The van der Waals surface area contributed by atoms with E-state index in [2.05, 4.69) is 26.6 Å². The van der Waals surface area contributed by atoms with Gasteiger partial charge >= 0.3 is 5.97 Å². The molecule has 1 fully saturated rings. The SMILES string of the molecule is O=C1CC(C(=O)Nc2ccc(C(=O)O)cc2Br)CN1. The lowest BCUT2D eigenvalue weighted by molar-refractivity contribution is -0.123. The average Bonchev–Trinajstić information content (AvgIpc) is 2.78. The Morgan fingerprint density at radius 3 is 2.68 bits per heavy atom. The molecule has 2 rings (SSSR count). The molecule has 3 N–H and O–H groups in total. The summed E-state index contributed by atoms with van der Waals surface area (Å²) < 4.78 is 0.484. The fourth-order valence-corrected chi connectivity index (χ4v) is 2.25. The number of hydrogen-bond acceptors (Lipinski definition) is 3. The molecular weight excluding hydrogens is 316 g/mol. The van der Waals surface area contributed by atoms with Gasteiger partial charge in [0.1, 0.15) is 0 Å². The zero-order valence-electron chi connectivity index (χ0n) is 9.77. The summed E-state index contributed by atoms with van der Waals surface area (Å²) in [5.74, 6) is -1.83. The van der Waals surface area contributed by atoms with E-state index in [9.17, 15) is 14.4 Å². The molecule has 0 saturated carbocycles. The van der Waals surface area contributed by atoms with Gasteiger partial charge in [-0.25, -0.2) is 4.79 Å². The van der Waals surface area contributed by atoms with E-state index in [1.165, 1.54) is 18.2 Å². The normalized spacial score (nSPS) is 17.9. The fraction of sp³-hybridized carbons (Fsp3) is 0.250. The molecule has 2 amide bonds. The molecule has 1 unspecified atom stereocenters. The summed E-state index contributed by atoms with van der Waals surface area (Å²) in [6.45, 7) is 0.329. The van der Waals surface area contributed by atoms with Gasteiger partial charge in [-0.2, -0.15) is 0 Å². The van der Waals surface area contributed by atoms with E-state index in [1.807, 2.05) is 0 Å². The van der Waals surface area contributed by atoms with E-state index >= 15 is 0 Å². The van der Waals surface area contributed by atoms with Crippen molar-refractivity contribution in [3.8, 4) is 0 Å². The van der Waals surface area contributed by atoms with Crippen molar-refractivity contribution in [1.29, 1.82) is 0 Å². The highest BCUT2D eigenvalue weighted by molar-refractivity contribution is 9.10. The number of carboxylic acid groups (broad SMARTS) is 1. The maximum Gasteiger partial charge on any atom is 0.335 e. The van der Waals surface area contributed by atoms with Crippen molar-refractivity contribution in [1.82, 2.24) is 5.32 Å². The molecule has 0 spiro atoms. The number of carbonyl (C=O) groups excluding carboxylic acids is 2. The van der Waals surface area contributed by atoms with Crippen molar-refractivity contribution in [2.45, 2.75) is 6.42 Å². The van der Waals surface area contributed by atoms with E-state index in [0.29, 0.717) is 16.7 Å². The molecule has 1 aliphatic heterocycles. The van der Waals surface area contributed by atoms with Crippen LogP contribution < -0.4 is 10.6 Å². The van der Waals surface area contributed by atoms with Gasteiger partial charge in [-0.15, -0.1) is 0 Å². The standard InChI is InChI=1S/C12H11BrN2O4/c13-8-3-6(12(18)19)1-2-9(8)15-11(17)7-4-10(16)14-5-7/h1-3,7H,4-5H2,(H,14,16)(H,15,17)(H,18,19). The lowest BCUT2D eigenvalue weighted by atomic mass is 10.1. The molecule has 1 aliphatic rings. The molecule has 1 aromatic carbocycles. The predicted molar refractivity (Wildman–Crippen MR) is 70.8 cm³/mol. The van der Waals surface area contributed by atoms with Gasteiger partial charge in [0.2, 0.25) is 11.8 Å². The van der Waals surface area contributed by atoms with Gasteiger partial charge in [0.05, 0.1) is 17.2 Å². The van der Waals surface area contributed by atoms with Gasteiger partial charge in [0, 0.05) is 17.4 Å². The van der Waals surface area contributed by atoms with Crippen molar-refractivity contribution in [3.63, 3.8) is 0 Å². The highest BCUT2D eigenvalue weighted by Crippen LogP contribution is 2.25. The van der Waals surface area contributed by atoms with Gasteiger partial charge < -0.3 is 15.7 Å². The molecule has 1 heterocycles. The maximum absolute atomic E-state index is 11.9. The molecule has 0 aliphatic carbocycles. The van der Waals surface area contributed by atoms with Crippen LogP contribution in [0.5, 0.6) is 0 Å². The molecule has 100 valence electrons. The third-order valence-electron chi connectivity index (χ3n) is 2.82. The number of carboxylic acids is 1. The molecule has 6 nitrogen and oxygen atoms in total. The topological polar surface area (TPSA) is 95.5 Å². The van der Waals surface area contributed by atoms with E-state index in [4.69, 9.17) is 5.11 Å². The Morgan fingerprint density at radius 1 is 1.42 bits per heavy atom. The number of carbonyl (C=O) groups is 3. The van der Waals surface area contributed by atoms with Crippen LogP contribution in [-0.4, -0.2) is 29.4 Å². The van der Waals surface area contributed by atoms with Gasteiger partial charge in [0.15, 0.2) is 0 Å². The Labute approximate surface area is 117 Å². The minimum absolute atomic E-state index is 0.127. The second-order valence-electron chi connectivity index (χ2n) is 4.19. The molecule has 7 heteroatoms. The number of hydrogen-bond donors (Lipinski definition) is 3. The number of nitrogens with one attached hydrogen (secondary N) is 2. The van der Waals surface area contributed by atoms with Gasteiger partial charge in [-0.1, -0.05) is 0 Å². The minimum Gasteiger partial charge on any atom is -0.478 e. The summed E-state index contributed by atoms with van der Waals surface area (Å²) in [6, 6.07) is 4.33. The van der Waals surface area contributed by atoms with Crippen molar-refractivity contribution in [2.24, 2.45) is 5.92 Å². The molecule has 0 aromatic heterocycles. The monoisotopic (exact) mass is 326 g/mol. The second kappa shape index (κ2) is 5.40. The molecule has 0 radical (unpaired) electrons. The number of aromatic carboxylic acids is 1. The zero-order valence-corrected chi connectivity index (χ0v) is 11.4. The first kappa shape index (κ1) is 13.5. The summed E-state index contributed by atoms with van der Waals surface area (Å²) in [7, 11) is 0. The van der Waals surface area contributed by atoms with Crippen LogP contribution in [0.3, 0.4) is 0 Å². The largest absolute Gasteiger partial charge is 0.478 e. The molecule has 1 saturated heterocycles. The third-order valence-corrected chi connectivity index (χ3v) is 3.48. The highest BCUT2D eigenvalue weighted by atomic mass is 79.9. The van der Waals surface area contributed by atoms with Crippen LogP contribution in [0, 0.1) is 5.92 Å². The number of halogens is 1. The number of rotatable bonds is 3. The smallest absolute Gasteiger partial charge is 0.335 e.